The Bertz CT molecular complexity index is 957. The molecule has 0 bridgehead atoms. The van der Waals surface area contributed by atoms with Crippen LogP contribution in [-0.2, 0) is 5.54 Å². The Kier molecular flexibility index (Phi) is 3.77. The molecule has 2 aliphatic rings. The van der Waals surface area contributed by atoms with Crippen LogP contribution in [0.4, 0.5) is 0 Å². The number of rotatable bonds is 1. The summed E-state index contributed by atoms with van der Waals surface area (Å²) >= 11 is 6.23. The van der Waals surface area contributed by atoms with Crippen molar-refractivity contribution >= 4 is 17.5 Å². The Labute approximate surface area is 156 Å². The lowest BCUT2D eigenvalue weighted by molar-refractivity contribution is 0.0471. The maximum atomic E-state index is 12.8. The highest BCUT2D eigenvalue weighted by Gasteiger charge is 2.48. The summed E-state index contributed by atoms with van der Waals surface area (Å²) in [7, 11) is 1.71. The molecule has 26 heavy (non-hydrogen) atoms. The van der Waals surface area contributed by atoms with Gasteiger partial charge in [-0.15, -0.1) is 0 Å². The third-order valence-electron chi connectivity index (χ3n) is 5.62. The van der Waals surface area contributed by atoms with Crippen LogP contribution in [0.3, 0.4) is 0 Å². The first-order valence-corrected chi connectivity index (χ1v) is 9.00. The number of pyridine rings is 1. The number of piperidine rings is 1. The molecule has 1 N–H and O–H groups in total. The number of hydrogen-bond donors (Lipinski definition) is 1. The summed E-state index contributed by atoms with van der Waals surface area (Å²) in [6.07, 6.45) is 4.02. The standard InChI is InChI=1S/C19H20ClN3O3/c1-19(12-5-3-6-13(20)11-12)9-4-7-15-21(2)18(26)16-17(25)14(24)8-10-22(16)23(15)19/h3,5-6,8,10-11,15,25H,4,7,9H2,1-2H3. The van der Waals surface area contributed by atoms with Crippen molar-refractivity contribution in [2.45, 2.75) is 37.9 Å². The normalized spacial score (nSPS) is 25.0. The summed E-state index contributed by atoms with van der Waals surface area (Å²) in [4.78, 5) is 26.3. The predicted molar refractivity (Wildman–Crippen MR) is 99.1 cm³/mol. The van der Waals surface area contributed by atoms with Gasteiger partial charge in [-0.05, 0) is 43.9 Å². The molecular formula is C19H20ClN3O3. The summed E-state index contributed by atoms with van der Waals surface area (Å²) in [5, 5.41) is 13.0. The zero-order chi connectivity index (χ0) is 18.6. The molecule has 1 aromatic carbocycles. The number of hydrogen-bond acceptors (Lipinski definition) is 4. The first-order valence-electron chi connectivity index (χ1n) is 8.62. The molecule has 0 radical (unpaired) electrons. The van der Waals surface area contributed by atoms with Gasteiger partial charge in [-0.2, -0.15) is 0 Å². The maximum absolute atomic E-state index is 12.8. The summed E-state index contributed by atoms with van der Waals surface area (Å²) in [6, 6.07) is 8.99. The third kappa shape index (κ3) is 2.25. The topological polar surface area (TPSA) is 65.8 Å². The van der Waals surface area contributed by atoms with E-state index in [9.17, 15) is 14.7 Å². The second kappa shape index (κ2) is 5.77. The number of aromatic nitrogens is 1. The fourth-order valence-corrected chi connectivity index (χ4v) is 4.42. The van der Waals surface area contributed by atoms with Gasteiger partial charge >= 0.3 is 0 Å². The molecule has 2 atom stereocenters. The Morgan fingerprint density at radius 1 is 1.27 bits per heavy atom. The van der Waals surface area contributed by atoms with Crippen LogP contribution in [0.15, 0.2) is 41.3 Å². The van der Waals surface area contributed by atoms with Gasteiger partial charge in [-0.25, -0.2) is 0 Å². The quantitative estimate of drug-likeness (QED) is 0.834. The summed E-state index contributed by atoms with van der Waals surface area (Å²) in [5.74, 6) is -0.862. The lowest BCUT2D eigenvalue weighted by Crippen LogP contribution is -2.68. The smallest absolute Gasteiger partial charge is 0.277 e. The fraction of sp³-hybridized carbons (Fsp3) is 0.368. The van der Waals surface area contributed by atoms with E-state index in [1.165, 1.54) is 6.07 Å². The monoisotopic (exact) mass is 373 g/mol. The minimum absolute atomic E-state index is 0.00593. The van der Waals surface area contributed by atoms with Gasteiger partial charge in [0.2, 0.25) is 5.43 Å². The van der Waals surface area contributed by atoms with Crippen LogP contribution >= 0.6 is 11.6 Å². The van der Waals surface area contributed by atoms with Crippen LogP contribution in [0.25, 0.3) is 0 Å². The van der Waals surface area contributed by atoms with Gasteiger partial charge in [0.1, 0.15) is 6.17 Å². The van der Waals surface area contributed by atoms with Crippen molar-refractivity contribution in [1.29, 1.82) is 0 Å². The third-order valence-corrected chi connectivity index (χ3v) is 5.85. The molecule has 0 aliphatic carbocycles. The Balaban J connectivity index is 1.97. The molecule has 0 saturated carbocycles. The van der Waals surface area contributed by atoms with Gasteiger partial charge < -0.3 is 10.0 Å². The fourth-order valence-electron chi connectivity index (χ4n) is 4.23. The van der Waals surface area contributed by atoms with E-state index in [4.69, 9.17) is 11.6 Å². The molecular weight excluding hydrogens is 354 g/mol. The molecule has 2 aliphatic heterocycles. The van der Waals surface area contributed by atoms with Crippen LogP contribution in [0.5, 0.6) is 5.75 Å². The molecule has 7 heteroatoms. The second-order valence-corrected chi connectivity index (χ2v) is 7.58. The molecule has 2 unspecified atom stereocenters. The number of halogens is 1. The maximum Gasteiger partial charge on any atom is 0.277 e. The van der Waals surface area contributed by atoms with Crippen molar-refractivity contribution in [3.05, 3.63) is 63.0 Å². The van der Waals surface area contributed by atoms with E-state index < -0.39 is 16.7 Å². The van der Waals surface area contributed by atoms with E-state index in [2.05, 4.69) is 11.9 Å². The number of aromatic hydroxyl groups is 1. The molecule has 4 rings (SSSR count). The van der Waals surface area contributed by atoms with E-state index in [1.807, 2.05) is 24.3 Å². The van der Waals surface area contributed by atoms with Crippen molar-refractivity contribution in [3.63, 3.8) is 0 Å². The average Bonchev–Trinajstić information content (AvgIpc) is 2.62. The van der Waals surface area contributed by atoms with Crippen molar-refractivity contribution in [2.24, 2.45) is 0 Å². The molecule has 1 amide bonds. The van der Waals surface area contributed by atoms with Gasteiger partial charge in [0.05, 0.1) is 5.54 Å². The number of fused-ring (bicyclic) bond motifs is 3. The summed E-state index contributed by atoms with van der Waals surface area (Å²) in [5.41, 5.74) is 0.0323. The Morgan fingerprint density at radius 3 is 2.77 bits per heavy atom. The SMILES string of the molecule is CN1C(=O)c2c(O)c(=O)ccn2N2C1CCCC2(C)c1cccc(Cl)c1. The predicted octanol–water partition coefficient (Wildman–Crippen LogP) is 2.66. The number of amides is 1. The van der Waals surface area contributed by atoms with Crippen LogP contribution in [0.1, 0.15) is 42.2 Å². The minimum atomic E-state index is -0.557. The van der Waals surface area contributed by atoms with Gasteiger partial charge in [-0.1, -0.05) is 23.7 Å². The molecule has 0 spiro atoms. The van der Waals surface area contributed by atoms with E-state index in [0.717, 1.165) is 24.8 Å². The number of carbonyl (C=O) groups is 1. The first kappa shape index (κ1) is 17.0. The van der Waals surface area contributed by atoms with Gasteiger partial charge in [0, 0.05) is 24.3 Å². The number of carbonyl (C=O) groups excluding carboxylic acids is 1. The average molecular weight is 374 g/mol. The summed E-state index contributed by atoms with van der Waals surface area (Å²) < 4.78 is 1.64. The lowest BCUT2D eigenvalue weighted by Gasteiger charge is -2.56. The minimum Gasteiger partial charge on any atom is -0.502 e. The van der Waals surface area contributed by atoms with E-state index >= 15 is 0 Å². The molecule has 2 aromatic rings. The second-order valence-electron chi connectivity index (χ2n) is 7.14. The van der Waals surface area contributed by atoms with Gasteiger partial charge in [0.25, 0.3) is 5.91 Å². The lowest BCUT2D eigenvalue weighted by atomic mass is 9.81. The van der Waals surface area contributed by atoms with E-state index in [-0.39, 0.29) is 17.8 Å². The molecule has 1 fully saturated rings. The highest BCUT2D eigenvalue weighted by atomic mass is 35.5. The van der Waals surface area contributed by atoms with Crippen molar-refractivity contribution in [3.8, 4) is 5.75 Å². The van der Waals surface area contributed by atoms with Gasteiger partial charge in [0.15, 0.2) is 11.4 Å². The van der Waals surface area contributed by atoms with Crippen LogP contribution < -0.4 is 10.4 Å². The summed E-state index contributed by atoms with van der Waals surface area (Å²) in [6.45, 7) is 2.10. The molecule has 136 valence electrons. The molecule has 6 nitrogen and oxygen atoms in total. The Morgan fingerprint density at radius 2 is 2.04 bits per heavy atom. The largest absolute Gasteiger partial charge is 0.502 e. The van der Waals surface area contributed by atoms with Gasteiger partial charge in [-0.3, -0.25) is 19.3 Å². The highest BCUT2D eigenvalue weighted by molar-refractivity contribution is 6.30. The van der Waals surface area contributed by atoms with Crippen molar-refractivity contribution in [2.75, 3.05) is 12.1 Å². The zero-order valence-corrected chi connectivity index (χ0v) is 15.4. The number of nitrogens with zero attached hydrogens (tertiary/aromatic N) is 3. The van der Waals surface area contributed by atoms with Crippen LogP contribution in [0.2, 0.25) is 5.02 Å². The Hall–Kier alpha value is -2.47. The molecule has 3 heterocycles. The van der Waals surface area contributed by atoms with Crippen molar-refractivity contribution in [1.82, 2.24) is 9.58 Å². The first-order chi connectivity index (χ1) is 12.3. The van der Waals surface area contributed by atoms with E-state index in [1.54, 1.807) is 22.8 Å². The van der Waals surface area contributed by atoms with Crippen LogP contribution in [0, 0.1) is 0 Å². The molecule has 1 saturated heterocycles. The van der Waals surface area contributed by atoms with E-state index in [0.29, 0.717) is 5.02 Å². The van der Waals surface area contributed by atoms with Crippen LogP contribution in [-0.4, -0.2) is 33.8 Å². The highest BCUT2D eigenvalue weighted by Crippen LogP contribution is 2.42. The van der Waals surface area contributed by atoms with Crippen molar-refractivity contribution < 1.29 is 9.90 Å². The number of benzene rings is 1. The molecule has 1 aromatic heterocycles. The zero-order valence-electron chi connectivity index (χ0n) is 14.6.